The van der Waals surface area contributed by atoms with Crippen molar-refractivity contribution in [2.45, 2.75) is 32.9 Å². The molecule has 7 nitrogen and oxygen atoms in total. The molecule has 45 heavy (non-hydrogen) atoms. The molecule has 0 radical (unpaired) electrons. The first-order valence-corrected chi connectivity index (χ1v) is 13.8. The van der Waals surface area contributed by atoms with E-state index in [2.05, 4.69) is 14.8 Å². The Bertz CT molecular complexity index is 1650. The van der Waals surface area contributed by atoms with Crippen molar-refractivity contribution >= 4 is 29.2 Å². The fourth-order valence-corrected chi connectivity index (χ4v) is 4.14. The van der Waals surface area contributed by atoms with E-state index in [4.69, 9.17) is 0 Å². The maximum absolute atomic E-state index is 14.3. The molecule has 0 saturated carbocycles. The van der Waals surface area contributed by atoms with Crippen LogP contribution >= 0.6 is 0 Å². The van der Waals surface area contributed by atoms with Crippen molar-refractivity contribution in [3.8, 4) is 0 Å². The normalized spacial score (nSPS) is 10.3. The van der Waals surface area contributed by atoms with E-state index in [0.29, 0.717) is 23.4 Å². The van der Waals surface area contributed by atoms with E-state index < -0.39 is 29.4 Å². The van der Waals surface area contributed by atoms with Crippen LogP contribution in [0.15, 0.2) is 84.9 Å². The zero-order chi connectivity index (χ0) is 32.9. The summed E-state index contributed by atoms with van der Waals surface area (Å²) in [6.45, 7) is 1.99. The summed E-state index contributed by atoms with van der Waals surface area (Å²) in [5.41, 5.74) is 1.75. The van der Waals surface area contributed by atoms with Crippen LogP contribution in [-0.4, -0.2) is 32.1 Å². The van der Waals surface area contributed by atoms with Crippen molar-refractivity contribution in [3.63, 3.8) is 0 Å². The second-order valence-electron chi connectivity index (χ2n) is 9.67. The average molecular weight is 625 g/mol. The number of ether oxygens (including phenoxy) is 2. The van der Waals surface area contributed by atoms with Crippen molar-refractivity contribution in [3.05, 3.63) is 130 Å². The van der Waals surface area contributed by atoms with Crippen molar-refractivity contribution in [2.24, 2.45) is 0 Å². The van der Waals surface area contributed by atoms with Crippen LogP contribution in [0, 0.1) is 23.3 Å². The number of rotatable bonds is 10. The van der Waals surface area contributed by atoms with E-state index in [9.17, 15) is 31.9 Å². The third-order valence-electron chi connectivity index (χ3n) is 6.47. The lowest BCUT2D eigenvalue weighted by atomic mass is 10.1. The Hall–Kier alpha value is -5.19. The van der Waals surface area contributed by atoms with Gasteiger partial charge in [-0.2, -0.15) is 0 Å². The third kappa shape index (κ3) is 9.92. The van der Waals surface area contributed by atoms with E-state index in [1.807, 2.05) is 6.92 Å². The average Bonchev–Trinajstić information content (AvgIpc) is 3.03. The van der Waals surface area contributed by atoms with E-state index >= 15 is 0 Å². The molecule has 4 aromatic carbocycles. The summed E-state index contributed by atoms with van der Waals surface area (Å²) >= 11 is 0. The van der Waals surface area contributed by atoms with Gasteiger partial charge in [-0.3, -0.25) is 4.79 Å². The molecule has 0 bridgehead atoms. The Labute approximate surface area is 258 Å². The van der Waals surface area contributed by atoms with Crippen LogP contribution in [-0.2, 0) is 27.4 Å². The lowest BCUT2D eigenvalue weighted by Crippen LogP contribution is -2.30. The highest BCUT2D eigenvalue weighted by molar-refractivity contribution is 5.93. The molecule has 0 spiro atoms. The maximum Gasteiger partial charge on any atom is 0.337 e. The summed E-state index contributed by atoms with van der Waals surface area (Å²) in [5, 5.41) is 2.91. The zero-order valence-corrected chi connectivity index (χ0v) is 24.9. The number of amides is 1. The van der Waals surface area contributed by atoms with Gasteiger partial charge in [0.2, 0.25) is 5.91 Å². The van der Waals surface area contributed by atoms with E-state index in [0.717, 1.165) is 12.1 Å². The number of carbonyl (C=O) groups is 3. The van der Waals surface area contributed by atoms with Crippen molar-refractivity contribution < 1.29 is 41.4 Å². The van der Waals surface area contributed by atoms with Crippen LogP contribution in [0.25, 0.3) is 0 Å². The van der Waals surface area contributed by atoms with E-state index in [1.165, 1.54) is 73.7 Å². The minimum atomic E-state index is -0.644. The fourth-order valence-electron chi connectivity index (χ4n) is 4.14. The molecule has 1 amide bonds. The molecule has 0 aromatic heterocycles. The van der Waals surface area contributed by atoms with Crippen LogP contribution in [0.4, 0.5) is 28.9 Å². The number of hydrogen-bond donors (Lipinski definition) is 1. The molecule has 236 valence electrons. The van der Waals surface area contributed by atoms with Gasteiger partial charge in [0.1, 0.15) is 23.3 Å². The first-order valence-electron chi connectivity index (χ1n) is 13.8. The van der Waals surface area contributed by atoms with Crippen LogP contribution in [0.1, 0.15) is 51.6 Å². The Kier molecular flexibility index (Phi) is 12.7. The van der Waals surface area contributed by atoms with Gasteiger partial charge < -0.3 is 19.7 Å². The molecule has 11 heteroatoms. The SMILES string of the molecule is CCCC(=O)N(Cc1ccc(C(=O)OC)cc1F)c1cccc(F)c1.COC(=O)c1ccc(CNc2cccc(F)c2)c(F)c1. The molecule has 0 saturated heterocycles. The summed E-state index contributed by atoms with van der Waals surface area (Å²) in [7, 11) is 2.45. The fraction of sp³-hybridized carbons (Fsp3) is 0.206. The maximum atomic E-state index is 14.3. The van der Waals surface area contributed by atoms with Crippen molar-refractivity contribution in [1.82, 2.24) is 0 Å². The van der Waals surface area contributed by atoms with Crippen LogP contribution < -0.4 is 10.2 Å². The van der Waals surface area contributed by atoms with Crippen LogP contribution in [0.2, 0.25) is 0 Å². The molecular formula is C34H32F4N2O5. The molecule has 0 aliphatic carbocycles. The first-order chi connectivity index (χ1) is 21.6. The highest BCUT2D eigenvalue weighted by Gasteiger charge is 2.19. The molecule has 0 aliphatic heterocycles. The largest absolute Gasteiger partial charge is 0.465 e. The minimum Gasteiger partial charge on any atom is -0.465 e. The number of benzene rings is 4. The number of anilines is 2. The predicted molar refractivity (Wildman–Crippen MR) is 162 cm³/mol. The smallest absolute Gasteiger partial charge is 0.337 e. The molecule has 0 atom stereocenters. The van der Waals surface area contributed by atoms with Crippen molar-refractivity contribution in [2.75, 3.05) is 24.4 Å². The number of halogens is 4. The minimum absolute atomic E-state index is 0.0599. The number of esters is 2. The molecule has 0 unspecified atom stereocenters. The number of nitrogens with zero attached hydrogens (tertiary/aromatic N) is 1. The summed E-state index contributed by atoms with van der Waals surface area (Å²) in [5.74, 6) is -3.46. The second kappa shape index (κ2) is 16.6. The highest BCUT2D eigenvalue weighted by Crippen LogP contribution is 2.22. The highest BCUT2D eigenvalue weighted by atomic mass is 19.1. The number of nitrogens with one attached hydrogen (secondary N) is 1. The molecular weight excluding hydrogens is 592 g/mol. The number of hydrogen-bond acceptors (Lipinski definition) is 6. The van der Waals surface area contributed by atoms with E-state index in [1.54, 1.807) is 18.2 Å². The van der Waals surface area contributed by atoms with Gasteiger partial charge in [0.15, 0.2) is 0 Å². The molecule has 1 N–H and O–H groups in total. The predicted octanol–water partition coefficient (Wildman–Crippen LogP) is 7.45. The van der Waals surface area contributed by atoms with Gasteiger partial charge >= 0.3 is 11.9 Å². The topological polar surface area (TPSA) is 84.9 Å². The van der Waals surface area contributed by atoms with Gasteiger partial charge in [-0.1, -0.05) is 31.2 Å². The Morgan fingerprint density at radius 2 is 1.27 bits per heavy atom. The number of methoxy groups -OCH3 is 2. The first kappa shape index (κ1) is 34.3. The van der Waals surface area contributed by atoms with Gasteiger partial charge in [-0.15, -0.1) is 0 Å². The lowest BCUT2D eigenvalue weighted by Gasteiger charge is -2.23. The van der Waals surface area contributed by atoms with Gasteiger partial charge in [0, 0.05) is 35.5 Å². The van der Waals surface area contributed by atoms with Crippen LogP contribution in [0.5, 0.6) is 0 Å². The second-order valence-corrected chi connectivity index (χ2v) is 9.67. The summed E-state index contributed by atoms with van der Waals surface area (Å²) in [4.78, 5) is 36.4. The van der Waals surface area contributed by atoms with Crippen molar-refractivity contribution in [1.29, 1.82) is 0 Å². The third-order valence-corrected chi connectivity index (χ3v) is 6.47. The quantitative estimate of drug-likeness (QED) is 0.146. The Morgan fingerprint density at radius 1 is 0.711 bits per heavy atom. The van der Waals surface area contributed by atoms with E-state index in [-0.39, 0.29) is 47.9 Å². The van der Waals surface area contributed by atoms with Crippen LogP contribution in [0.3, 0.4) is 0 Å². The molecule has 4 rings (SSSR count). The Balaban J connectivity index is 0.000000251. The zero-order valence-electron chi connectivity index (χ0n) is 24.9. The van der Waals surface area contributed by atoms with Gasteiger partial charge in [-0.05, 0) is 67.1 Å². The van der Waals surface area contributed by atoms with Gasteiger partial charge in [0.25, 0.3) is 0 Å². The molecule has 4 aromatic rings. The van der Waals surface area contributed by atoms with Gasteiger partial charge in [-0.25, -0.2) is 27.2 Å². The molecule has 0 aliphatic rings. The Morgan fingerprint density at radius 3 is 1.78 bits per heavy atom. The van der Waals surface area contributed by atoms with Gasteiger partial charge in [0.05, 0.1) is 31.9 Å². The standard InChI is InChI=1S/C19H19F2NO3.C15H13F2NO2/c1-3-5-18(23)22(16-7-4-6-15(20)11-16)12-14-9-8-13(10-17(14)21)19(24)25-2;1-20-15(19)10-5-6-11(14(17)7-10)9-18-13-4-2-3-12(16)8-13/h4,6-11H,3,5,12H2,1-2H3;2-8,18H,9H2,1H3. The molecule has 0 heterocycles. The summed E-state index contributed by atoms with van der Waals surface area (Å²) in [6.07, 6.45) is 0.882. The monoisotopic (exact) mass is 624 g/mol. The lowest BCUT2D eigenvalue weighted by molar-refractivity contribution is -0.118. The molecule has 0 fully saturated rings. The summed E-state index contributed by atoms with van der Waals surface area (Å²) < 4.78 is 63.7. The number of carbonyl (C=O) groups excluding carboxylic acids is 3. The summed E-state index contributed by atoms with van der Waals surface area (Å²) in [6, 6.07) is 19.5.